The van der Waals surface area contributed by atoms with E-state index in [4.69, 9.17) is 0 Å². The first kappa shape index (κ1) is 23.8. The molecule has 0 aliphatic carbocycles. The lowest BCUT2D eigenvalue weighted by atomic mass is 9.98. The van der Waals surface area contributed by atoms with Crippen LogP contribution in [-0.4, -0.2) is 49.1 Å². The Kier molecular flexibility index (Phi) is 6.36. The molecule has 12 heteroatoms. The van der Waals surface area contributed by atoms with Gasteiger partial charge in [-0.25, -0.2) is 9.18 Å². The molecule has 0 bridgehead atoms. The Morgan fingerprint density at radius 2 is 1.59 bits per heavy atom. The Labute approximate surface area is 178 Å². The van der Waals surface area contributed by atoms with Crippen LogP contribution < -0.4 is 10.2 Å². The molecule has 1 aromatic heterocycles. The third-order valence-electron chi connectivity index (χ3n) is 5.36. The molecule has 5 nitrogen and oxygen atoms in total. The summed E-state index contributed by atoms with van der Waals surface area (Å²) in [4.78, 5) is 18.9. The number of carbonyl (C=O) groups excluding carboxylic acids is 1. The van der Waals surface area contributed by atoms with Crippen molar-refractivity contribution in [2.75, 3.05) is 32.1 Å². The van der Waals surface area contributed by atoms with Crippen LogP contribution in [0.4, 0.5) is 41.2 Å². The van der Waals surface area contributed by atoms with Crippen molar-refractivity contribution in [1.82, 2.24) is 15.2 Å². The van der Waals surface area contributed by atoms with Crippen LogP contribution in [-0.2, 0) is 12.4 Å². The van der Waals surface area contributed by atoms with E-state index in [1.54, 1.807) is 0 Å². The van der Waals surface area contributed by atoms with E-state index in [1.807, 2.05) is 0 Å². The molecule has 1 saturated heterocycles. The van der Waals surface area contributed by atoms with Gasteiger partial charge in [0.25, 0.3) is 0 Å². The standard InChI is InChI=1S/C20H19F7N4O/c1-30(14-6-11(19(22,23)24)5-12(7-14)20(25,26)27)18(32)31(2)17-10-28-9-15(17)16-4-3-13(21)8-29-16/h3-8,15,17,28H,9-10H2,1-2H3/t15-,17+/m0/s1. The van der Waals surface area contributed by atoms with Crippen LogP contribution in [0.1, 0.15) is 22.7 Å². The molecule has 174 valence electrons. The second kappa shape index (κ2) is 8.57. The van der Waals surface area contributed by atoms with Gasteiger partial charge in [0, 0.05) is 44.5 Å². The maximum atomic E-state index is 13.2. The maximum absolute atomic E-state index is 13.2. The van der Waals surface area contributed by atoms with Gasteiger partial charge >= 0.3 is 18.4 Å². The zero-order chi connectivity index (χ0) is 23.8. The van der Waals surface area contributed by atoms with Gasteiger partial charge in [0.05, 0.1) is 23.4 Å². The highest BCUT2D eigenvalue weighted by Gasteiger charge is 2.39. The Morgan fingerprint density at radius 1 is 1.00 bits per heavy atom. The molecular formula is C20H19F7N4O. The number of halogens is 7. The maximum Gasteiger partial charge on any atom is 0.416 e. The van der Waals surface area contributed by atoms with Gasteiger partial charge in [-0.15, -0.1) is 0 Å². The van der Waals surface area contributed by atoms with Crippen LogP contribution in [0.2, 0.25) is 0 Å². The normalized spacial score (nSPS) is 19.2. The number of amides is 2. The third-order valence-corrected chi connectivity index (χ3v) is 5.36. The monoisotopic (exact) mass is 464 g/mol. The van der Waals surface area contributed by atoms with Crippen LogP contribution in [0.5, 0.6) is 0 Å². The van der Waals surface area contributed by atoms with Gasteiger partial charge in [-0.1, -0.05) is 0 Å². The summed E-state index contributed by atoms with van der Waals surface area (Å²) in [5.41, 5.74) is -3.07. The number of likely N-dealkylation sites (N-methyl/N-ethyl adjacent to an activating group) is 1. The van der Waals surface area contributed by atoms with Crippen LogP contribution >= 0.6 is 0 Å². The number of anilines is 1. The predicted molar refractivity (Wildman–Crippen MR) is 102 cm³/mol. The summed E-state index contributed by atoms with van der Waals surface area (Å²) in [6.45, 7) is 0.725. The molecule has 1 aliphatic heterocycles. The number of benzene rings is 1. The van der Waals surface area contributed by atoms with Gasteiger partial charge in [-0.3, -0.25) is 9.88 Å². The summed E-state index contributed by atoms with van der Waals surface area (Å²) in [6.07, 6.45) is -9.03. The molecule has 0 saturated carbocycles. The number of rotatable bonds is 3. The first-order chi connectivity index (χ1) is 14.8. The summed E-state index contributed by atoms with van der Waals surface area (Å²) in [7, 11) is 2.49. The largest absolute Gasteiger partial charge is 0.416 e. The Balaban J connectivity index is 1.89. The lowest BCUT2D eigenvalue weighted by Gasteiger charge is -2.32. The topological polar surface area (TPSA) is 48.5 Å². The fraction of sp³-hybridized carbons (Fsp3) is 0.400. The average molecular weight is 464 g/mol. The average Bonchev–Trinajstić information content (AvgIpc) is 3.21. The molecular weight excluding hydrogens is 445 g/mol. The molecule has 3 rings (SSSR count). The molecule has 1 aromatic carbocycles. The molecule has 2 atom stereocenters. The van der Waals surface area contributed by atoms with Gasteiger partial charge in [-0.2, -0.15) is 26.3 Å². The minimum Gasteiger partial charge on any atom is -0.322 e. The molecule has 1 fully saturated rings. The van der Waals surface area contributed by atoms with Crippen molar-refractivity contribution in [3.63, 3.8) is 0 Å². The number of nitrogens with zero attached hydrogens (tertiary/aromatic N) is 3. The Morgan fingerprint density at radius 3 is 2.09 bits per heavy atom. The molecule has 2 amide bonds. The summed E-state index contributed by atoms with van der Waals surface area (Å²) in [5, 5.41) is 3.06. The number of hydrogen-bond donors (Lipinski definition) is 1. The number of nitrogens with one attached hydrogen (secondary N) is 1. The fourth-order valence-corrected chi connectivity index (χ4v) is 3.60. The summed E-state index contributed by atoms with van der Waals surface area (Å²) >= 11 is 0. The zero-order valence-corrected chi connectivity index (χ0v) is 16.9. The third kappa shape index (κ3) is 4.95. The molecule has 0 radical (unpaired) electrons. The molecule has 2 heterocycles. The minimum absolute atomic E-state index is 0.00263. The smallest absolute Gasteiger partial charge is 0.322 e. The van der Waals surface area contributed by atoms with Crippen LogP contribution in [0, 0.1) is 5.82 Å². The van der Waals surface area contributed by atoms with Crippen molar-refractivity contribution >= 4 is 11.7 Å². The summed E-state index contributed by atoms with van der Waals surface area (Å²) in [5.74, 6) is -0.879. The highest BCUT2D eigenvalue weighted by molar-refractivity contribution is 5.92. The van der Waals surface area contributed by atoms with Crippen LogP contribution in [0.15, 0.2) is 36.5 Å². The van der Waals surface area contributed by atoms with E-state index >= 15 is 0 Å². The van der Waals surface area contributed by atoms with E-state index in [2.05, 4.69) is 10.3 Å². The van der Waals surface area contributed by atoms with Crippen molar-refractivity contribution in [1.29, 1.82) is 0 Å². The lowest BCUT2D eigenvalue weighted by Crippen LogP contribution is -2.47. The van der Waals surface area contributed by atoms with Crippen molar-refractivity contribution in [3.8, 4) is 0 Å². The van der Waals surface area contributed by atoms with Crippen LogP contribution in [0.3, 0.4) is 0 Å². The second-order valence-electron chi connectivity index (χ2n) is 7.45. The quantitative estimate of drug-likeness (QED) is 0.681. The van der Waals surface area contributed by atoms with E-state index in [0.29, 0.717) is 30.9 Å². The van der Waals surface area contributed by atoms with E-state index in [0.717, 1.165) is 18.1 Å². The van der Waals surface area contributed by atoms with E-state index in [1.165, 1.54) is 24.1 Å². The first-order valence-electron chi connectivity index (χ1n) is 9.41. The van der Waals surface area contributed by atoms with E-state index in [-0.39, 0.29) is 12.0 Å². The SMILES string of the molecule is CN(C(=O)N(C)[C@@H]1CNC[C@H]1c1ccc(F)cn1)c1cc(C(F)(F)F)cc(C(F)(F)F)c1. The highest BCUT2D eigenvalue weighted by Crippen LogP contribution is 2.38. The Hall–Kier alpha value is -2.89. The number of pyridine rings is 1. The molecule has 2 aromatic rings. The van der Waals surface area contributed by atoms with Crippen molar-refractivity contribution < 1.29 is 35.5 Å². The highest BCUT2D eigenvalue weighted by atomic mass is 19.4. The van der Waals surface area contributed by atoms with E-state index < -0.39 is 47.1 Å². The number of carbonyl (C=O) groups is 1. The van der Waals surface area contributed by atoms with E-state index in [9.17, 15) is 35.5 Å². The number of aromatic nitrogens is 1. The zero-order valence-electron chi connectivity index (χ0n) is 16.9. The number of urea groups is 1. The second-order valence-corrected chi connectivity index (χ2v) is 7.45. The van der Waals surface area contributed by atoms with Gasteiger partial charge in [0.15, 0.2) is 0 Å². The van der Waals surface area contributed by atoms with Gasteiger partial charge in [-0.05, 0) is 30.3 Å². The first-order valence-corrected chi connectivity index (χ1v) is 9.41. The minimum atomic E-state index is -5.03. The predicted octanol–water partition coefficient (Wildman–Crippen LogP) is 4.50. The summed E-state index contributed by atoms with van der Waals surface area (Å²) < 4.78 is 92.1. The van der Waals surface area contributed by atoms with Gasteiger partial charge < -0.3 is 10.2 Å². The number of hydrogen-bond acceptors (Lipinski definition) is 3. The fourth-order valence-electron chi connectivity index (χ4n) is 3.60. The summed E-state index contributed by atoms with van der Waals surface area (Å²) in [6, 6.07) is 2.36. The molecule has 32 heavy (non-hydrogen) atoms. The van der Waals surface area contributed by atoms with Crippen molar-refractivity contribution in [2.45, 2.75) is 24.3 Å². The molecule has 1 aliphatic rings. The lowest BCUT2D eigenvalue weighted by molar-refractivity contribution is -0.143. The number of alkyl halides is 6. The molecule has 0 unspecified atom stereocenters. The molecule has 0 spiro atoms. The van der Waals surface area contributed by atoms with Crippen molar-refractivity contribution in [3.05, 3.63) is 59.2 Å². The Bertz CT molecular complexity index is 943. The van der Waals surface area contributed by atoms with Crippen molar-refractivity contribution in [2.24, 2.45) is 0 Å². The van der Waals surface area contributed by atoms with Gasteiger partial charge in [0.1, 0.15) is 5.82 Å². The molecule has 1 N–H and O–H groups in total. The van der Waals surface area contributed by atoms with Gasteiger partial charge in [0.2, 0.25) is 0 Å². The van der Waals surface area contributed by atoms with Crippen LogP contribution in [0.25, 0.3) is 0 Å².